The monoisotopic (exact) mass is 339 g/mol. The Kier molecular flexibility index (Phi) is 5.32. The zero-order valence-electron chi connectivity index (χ0n) is 12.5. The van der Waals surface area contributed by atoms with Crippen LogP contribution in [0.15, 0.2) is 47.4 Å². The van der Waals surface area contributed by atoms with Crippen LogP contribution in [-0.2, 0) is 16.4 Å². The van der Waals surface area contributed by atoms with Crippen molar-refractivity contribution in [1.82, 2.24) is 0 Å². The summed E-state index contributed by atoms with van der Waals surface area (Å²) in [7, 11) is -2.21. The first-order valence-corrected chi connectivity index (χ1v) is 8.77. The molecule has 0 aliphatic rings. The number of aryl methyl sites for hydroxylation is 1. The van der Waals surface area contributed by atoms with Crippen molar-refractivity contribution in [3.05, 3.63) is 53.1 Å². The Morgan fingerprint density at radius 1 is 1.14 bits per heavy atom. The largest absolute Gasteiger partial charge is 0.495 e. The smallest absolute Gasteiger partial charge is 0.262 e. The van der Waals surface area contributed by atoms with Crippen LogP contribution in [0.2, 0.25) is 5.02 Å². The van der Waals surface area contributed by atoms with E-state index in [1.807, 2.05) is 12.1 Å². The van der Waals surface area contributed by atoms with Crippen molar-refractivity contribution in [2.45, 2.75) is 24.7 Å². The van der Waals surface area contributed by atoms with Crippen LogP contribution in [0.1, 0.15) is 18.9 Å². The number of rotatable bonds is 6. The fourth-order valence-corrected chi connectivity index (χ4v) is 3.32. The van der Waals surface area contributed by atoms with Crippen LogP contribution in [0.3, 0.4) is 0 Å². The first-order chi connectivity index (χ1) is 10.5. The van der Waals surface area contributed by atoms with Crippen LogP contribution >= 0.6 is 11.6 Å². The van der Waals surface area contributed by atoms with Gasteiger partial charge in [0.25, 0.3) is 10.0 Å². The molecule has 0 atom stereocenters. The van der Waals surface area contributed by atoms with E-state index in [9.17, 15) is 8.42 Å². The Bertz CT molecular complexity index is 742. The lowest BCUT2D eigenvalue weighted by Gasteiger charge is -2.12. The molecule has 0 radical (unpaired) electrons. The Labute approximate surface area is 136 Å². The molecular formula is C16H18ClNO3S. The summed E-state index contributed by atoms with van der Waals surface area (Å²) in [5.41, 5.74) is 1.43. The molecule has 0 unspecified atom stereocenters. The number of hydrogen-bond donors (Lipinski definition) is 1. The summed E-state index contributed by atoms with van der Waals surface area (Å²) in [6, 6.07) is 11.6. The summed E-state index contributed by atoms with van der Waals surface area (Å²) >= 11 is 5.91. The van der Waals surface area contributed by atoms with Crippen LogP contribution in [0.5, 0.6) is 5.75 Å². The van der Waals surface area contributed by atoms with Gasteiger partial charge in [0, 0.05) is 5.02 Å². The van der Waals surface area contributed by atoms with Gasteiger partial charge in [0.1, 0.15) is 5.75 Å². The van der Waals surface area contributed by atoms with Crippen LogP contribution in [0.25, 0.3) is 0 Å². The maximum absolute atomic E-state index is 12.4. The number of ether oxygens (including phenoxy) is 1. The molecule has 118 valence electrons. The van der Waals surface area contributed by atoms with Gasteiger partial charge < -0.3 is 4.74 Å². The molecule has 0 aliphatic heterocycles. The van der Waals surface area contributed by atoms with Gasteiger partial charge in [0.05, 0.1) is 17.7 Å². The molecule has 0 bridgehead atoms. The number of anilines is 1. The number of methoxy groups -OCH3 is 1. The zero-order chi connectivity index (χ0) is 16.2. The van der Waals surface area contributed by atoms with E-state index in [1.54, 1.807) is 24.3 Å². The molecule has 0 aromatic heterocycles. The van der Waals surface area contributed by atoms with E-state index in [2.05, 4.69) is 11.6 Å². The molecule has 0 amide bonds. The van der Waals surface area contributed by atoms with Gasteiger partial charge in [-0.25, -0.2) is 8.42 Å². The highest BCUT2D eigenvalue weighted by molar-refractivity contribution is 7.92. The van der Waals surface area contributed by atoms with Gasteiger partial charge in [-0.15, -0.1) is 0 Å². The van der Waals surface area contributed by atoms with Crippen molar-refractivity contribution in [2.24, 2.45) is 0 Å². The van der Waals surface area contributed by atoms with E-state index < -0.39 is 10.0 Å². The quantitative estimate of drug-likeness (QED) is 0.862. The van der Waals surface area contributed by atoms with Crippen LogP contribution < -0.4 is 9.46 Å². The summed E-state index contributed by atoms with van der Waals surface area (Å²) in [4.78, 5) is 0.203. The van der Waals surface area contributed by atoms with Crippen molar-refractivity contribution in [1.29, 1.82) is 0 Å². The number of benzene rings is 2. The second kappa shape index (κ2) is 7.03. The molecule has 0 aliphatic carbocycles. The average molecular weight is 340 g/mol. The molecule has 22 heavy (non-hydrogen) atoms. The first kappa shape index (κ1) is 16.6. The van der Waals surface area contributed by atoms with E-state index >= 15 is 0 Å². The second-order valence-corrected chi connectivity index (χ2v) is 6.96. The van der Waals surface area contributed by atoms with Gasteiger partial charge in [0.2, 0.25) is 0 Å². The lowest BCUT2D eigenvalue weighted by atomic mass is 10.1. The third kappa shape index (κ3) is 3.93. The van der Waals surface area contributed by atoms with Gasteiger partial charge in [-0.1, -0.05) is 37.1 Å². The third-order valence-electron chi connectivity index (χ3n) is 3.18. The van der Waals surface area contributed by atoms with Gasteiger partial charge >= 0.3 is 0 Å². The van der Waals surface area contributed by atoms with E-state index in [1.165, 1.54) is 13.2 Å². The highest BCUT2D eigenvalue weighted by Crippen LogP contribution is 2.29. The molecule has 0 heterocycles. The van der Waals surface area contributed by atoms with E-state index in [4.69, 9.17) is 16.3 Å². The normalized spacial score (nSPS) is 11.2. The lowest BCUT2D eigenvalue weighted by molar-refractivity contribution is 0.417. The Morgan fingerprint density at radius 3 is 2.41 bits per heavy atom. The fourth-order valence-electron chi connectivity index (χ4n) is 2.09. The van der Waals surface area contributed by atoms with Crippen LogP contribution in [0.4, 0.5) is 5.69 Å². The molecule has 4 nitrogen and oxygen atoms in total. The average Bonchev–Trinajstić information content (AvgIpc) is 2.48. The highest BCUT2D eigenvalue weighted by Gasteiger charge is 2.16. The summed E-state index contributed by atoms with van der Waals surface area (Å²) in [5, 5.41) is 0.428. The third-order valence-corrected chi connectivity index (χ3v) is 4.79. The van der Waals surface area contributed by atoms with E-state index in [0.717, 1.165) is 18.4 Å². The zero-order valence-corrected chi connectivity index (χ0v) is 14.0. The maximum atomic E-state index is 12.4. The molecule has 2 aromatic rings. The van der Waals surface area contributed by atoms with Crippen LogP contribution in [-0.4, -0.2) is 15.5 Å². The summed E-state index contributed by atoms with van der Waals surface area (Å²) in [6.45, 7) is 2.08. The van der Waals surface area contributed by atoms with Crippen molar-refractivity contribution in [3.63, 3.8) is 0 Å². The minimum absolute atomic E-state index is 0.203. The summed E-state index contributed by atoms with van der Waals surface area (Å²) < 4.78 is 32.5. The van der Waals surface area contributed by atoms with Crippen molar-refractivity contribution in [3.8, 4) is 5.75 Å². The fraction of sp³-hybridized carbons (Fsp3) is 0.250. The molecule has 0 saturated heterocycles. The standard InChI is InChI=1S/C16H18ClNO3S/c1-3-4-12-5-8-14(9-6-12)22(19,20)18-15-11-13(17)7-10-16(15)21-2/h5-11,18H,3-4H2,1-2H3. The number of sulfonamides is 1. The molecule has 1 N–H and O–H groups in total. The van der Waals surface area contributed by atoms with E-state index in [-0.39, 0.29) is 4.90 Å². The second-order valence-electron chi connectivity index (χ2n) is 4.84. The molecule has 2 rings (SSSR count). The molecule has 0 fully saturated rings. The van der Waals surface area contributed by atoms with Crippen molar-refractivity contribution >= 4 is 27.3 Å². The minimum atomic E-state index is -3.68. The Morgan fingerprint density at radius 2 is 1.82 bits per heavy atom. The van der Waals surface area contributed by atoms with Gasteiger partial charge in [-0.3, -0.25) is 4.72 Å². The van der Waals surface area contributed by atoms with Gasteiger partial charge in [-0.2, -0.15) is 0 Å². The number of nitrogens with one attached hydrogen (secondary N) is 1. The number of halogens is 1. The van der Waals surface area contributed by atoms with Crippen LogP contribution in [0, 0.1) is 0 Å². The SMILES string of the molecule is CCCc1ccc(S(=O)(=O)Nc2cc(Cl)ccc2OC)cc1. The highest BCUT2D eigenvalue weighted by atomic mass is 35.5. The molecule has 0 saturated carbocycles. The minimum Gasteiger partial charge on any atom is -0.495 e. The molecule has 2 aromatic carbocycles. The topological polar surface area (TPSA) is 55.4 Å². The van der Waals surface area contributed by atoms with Crippen molar-refractivity contribution in [2.75, 3.05) is 11.8 Å². The summed E-state index contributed by atoms with van der Waals surface area (Å²) in [6.07, 6.45) is 1.94. The van der Waals surface area contributed by atoms with E-state index in [0.29, 0.717) is 16.5 Å². The van der Waals surface area contributed by atoms with Crippen molar-refractivity contribution < 1.29 is 13.2 Å². The summed E-state index contributed by atoms with van der Waals surface area (Å²) in [5.74, 6) is 0.413. The predicted molar refractivity (Wildman–Crippen MR) is 89.2 cm³/mol. The maximum Gasteiger partial charge on any atom is 0.262 e. The lowest BCUT2D eigenvalue weighted by Crippen LogP contribution is -2.13. The van der Waals surface area contributed by atoms with Gasteiger partial charge in [0.15, 0.2) is 0 Å². The Hall–Kier alpha value is -1.72. The van der Waals surface area contributed by atoms with Gasteiger partial charge in [-0.05, 0) is 42.3 Å². The molecule has 6 heteroatoms. The first-order valence-electron chi connectivity index (χ1n) is 6.91. The predicted octanol–water partition coefficient (Wildman–Crippen LogP) is 4.10. The molecular weight excluding hydrogens is 322 g/mol. The number of hydrogen-bond acceptors (Lipinski definition) is 3. The molecule has 0 spiro atoms. The Balaban J connectivity index is 2.29.